The predicted molar refractivity (Wildman–Crippen MR) is 105 cm³/mol. The van der Waals surface area contributed by atoms with Gasteiger partial charge in [-0.15, -0.1) is 11.3 Å². The molecule has 2 saturated heterocycles. The van der Waals surface area contributed by atoms with Crippen molar-refractivity contribution in [1.82, 2.24) is 15.2 Å². The first-order chi connectivity index (χ1) is 12.8. The van der Waals surface area contributed by atoms with Crippen LogP contribution in [0.2, 0.25) is 0 Å². The molecule has 3 heterocycles. The Labute approximate surface area is 158 Å². The number of aromatic nitrogens is 1. The molecule has 0 saturated carbocycles. The van der Waals surface area contributed by atoms with E-state index in [4.69, 9.17) is 4.98 Å². The molecule has 2 bridgehead atoms. The van der Waals surface area contributed by atoms with Crippen molar-refractivity contribution in [3.63, 3.8) is 0 Å². The maximum Gasteiger partial charge on any atom is 0.226 e. The van der Waals surface area contributed by atoms with E-state index in [1.807, 2.05) is 6.07 Å². The average Bonchev–Trinajstić information content (AvgIpc) is 3.24. The van der Waals surface area contributed by atoms with Crippen LogP contribution in [0.4, 0.5) is 0 Å². The fourth-order valence-corrected chi connectivity index (χ4v) is 5.93. The summed E-state index contributed by atoms with van der Waals surface area (Å²) in [6.07, 6.45) is 9.76. The SMILES string of the molecule is O=C(C1CC=CCC1c1nc2ccccc2s1)N1CCC2CCC(C1)N2. The van der Waals surface area contributed by atoms with E-state index >= 15 is 0 Å². The first-order valence-corrected chi connectivity index (χ1v) is 10.6. The molecule has 1 aromatic heterocycles. The smallest absolute Gasteiger partial charge is 0.226 e. The largest absolute Gasteiger partial charge is 0.341 e. The average molecular weight is 368 g/mol. The van der Waals surface area contributed by atoms with E-state index in [2.05, 4.69) is 40.6 Å². The predicted octanol–water partition coefficient (Wildman–Crippen LogP) is 3.70. The van der Waals surface area contributed by atoms with Crippen LogP contribution in [-0.2, 0) is 4.79 Å². The normalized spacial score (nSPS) is 31.3. The van der Waals surface area contributed by atoms with Crippen LogP contribution in [0.5, 0.6) is 0 Å². The highest BCUT2D eigenvalue weighted by atomic mass is 32.1. The van der Waals surface area contributed by atoms with Crippen molar-refractivity contribution in [3.8, 4) is 0 Å². The molecular weight excluding hydrogens is 342 g/mol. The molecule has 4 atom stereocenters. The zero-order valence-electron chi connectivity index (χ0n) is 14.9. The molecule has 5 rings (SSSR count). The number of hydrogen-bond acceptors (Lipinski definition) is 4. The molecule has 3 aliphatic rings. The molecule has 2 fully saturated rings. The van der Waals surface area contributed by atoms with Crippen LogP contribution in [0.25, 0.3) is 10.2 Å². The summed E-state index contributed by atoms with van der Waals surface area (Å²) in [5.74, 6) is 0.600. The number of para-hydroxylation sites is 1. The van der Waals surface area contributed by atoms with Crippen molar-refractivity contribution in [3.05, 3.63) is 41.4 Å². The van der Waals surface area contributed by atoms with Crippen molar-refractivity contribution in [2.24, 2.45) is 5.92 Å². The Bertz CT molecular complexity index is 812. The fourth-order valence-electron chi connectivity index (χ4n) is 4.79. The first-order valence-electron chi connectivity index (χ1n) is 9.83. The minimum absolute atomic E-state index is 0.0391. The van der Waals surface area contributed by atoms with E-state index in [1.165, 1.54) is 17.5 Å². The maximum atomic E-state index is 13.4. The van der Waals surface area contributed by atoms with Crippen molar-refractivity contribution in [2.45, 2.75) is 50.1 Å². The zero-order chi connectivity index (χ0) is 17.5. The lowest BCUT2D eigenvalue weighted by molar-refractivity contribution is -0.136. The van der Waals surface area contributed by atoms with E-state index < -0.39 is 0 Å². The van der Waals surface area contributed by atoms with Gasteiger partial charge in [-0.25, -0.2) is 4.98 Å². The number of hydrogen-bond donors (Lipinski definition) is 1. The number of benzene rings is 1. The molecule has 2 aliphatic heterocycles. The molecule has 0 radical (unpaired) electrons. The van der Waals surface area contributed by atoms with Gasteiger partial charge >= 0.3 is 0 Å². The minimum atomic E-state index is 0.0391. The van der Waals surface area contributed by atoms with E-state index in [9.17, 15) is 4.79 Å². The van der Waals surface area contributed by atoms with Crippen LogP contribution in [0.3, 0.4) is 0 Å². The molecule has 4 nitrogen and oxygen atoms in total. The van der Waals surface area contributed by atoms with Gasteiger partial charge in [0.25, 0.3) is 0 Å². The summed E-state index contributed by atoms with van der Waals surface area (Å²) in [6.45, 7) is 1.78. The Morgan fingerprint density at radius 2 is 1.96 bits per heavy atom. The second kappa shape index (κ2) is 6.78. The Morgan fingerprint density at radius 1 is 1.12 bits per heavy atom. The van der Waals surface area contributed by atoms with Gasteiger partial charge in [-0.3, -0.25) is 4.79 Å². The molecule has 0 spiro atoms. The number of fused-ring (bicyclic) bond motifs is 3. The van der Waals surface area contributed by atoms with Gasteiger partial charge < -0.3 is 10.2 Å². The molecular formula is C21H25N3OS. The number of likely N-dealkylation sites (tertiary alicyclic amines) is 1. The van der Waals surface area contributed by atoms with Gasteiger partial charge in [0.2, 0.25) is 5.91 Å². The molecule has 1 N–H and O–H groups in total. The van der Waals surface area contributed by atoms with Crippen molar-refractivity contribution < 1.29 is 4.79 Å². The van der Waals surface area contributed by atoms with Crippen molar-refractivity contribution in [2.75, 3.05) is 13.1 Å². The number of carbonyl (C=O) groups is 1. The molecule has 26 heavy (non-hydrogen) atoms. The third kappa shape index (κ3) is 2.97. The van der Waals surface area contributed by atoms with Crippen molar-refractivity contribution in [1.29, 1.82) is 0 Å². The number of nitrogens with one attached hydrogen (secondary N) is 1. The van der Waals surface area contributed by atoms with Crippen LogP contribution >= 0.6 is 11.3 Å². The molecule has 1 aliphatic carbocycles. The molecule has 2 aromatic rings. The topological polar surface area (TPSA) is 45.2 Å². The summed E-state index contributed by atoms with van der Waals surface area (Å²) in [4.78, 5) is 20.4. The molecule has 136 valence electrons. The standard InChI is InChI=1S/C21H25N3OS/c25-21(24-12-11-14-9-10-15(13-24)22-14)17-6-2-1-5-16(17)20-23-18-7-3-4-8-19(18)26-20/h1-4,7-8,14-17,22H,5-6,9-13H2. The summed E-state index contributed by atoms with van der Waals surface area (Å²) in [5.41, 5.74) is 1.06. The van der Waals surface area contributed by atoms with Crippen molar-refractivity contribution >= 4 is 27.5 Å². The van der Waals surface area contributed by atoms with Gasteiger partial charge in [-0.05, 0) is 44.2 Å². The second-order valence-electron chi connectivity index (χ2n) is 7.89. The number of nitrogens with zero attached hydrogens (tertiary/aromatic N) is 2. The lowest BCUT2D eigenvalue weighted by atomic mass is 9.82. The monoisotopic (exact) mass is 367 g/mol. The summed E-state index contributed by atoms with van der Waals surface area (Å²) in [5, 5.41) is 4.81. The molecule has 1 aromatic carbocycles. The van der Waals surface area contributed by atoms with Crippen LogP contribution in [0.15, 0.2) is 36.4 Å². The number of allylic oxidation sites excluding steroid dienone is 2. The minimum Gasteiger partial charge on any atom is -0.341 e. The van der Waals surface area contributed by atoms with Crippen LogP contribution in [-0.4, -0.2) is 41.0 Å². The highest BCUT2D eigenvalue weighted by Gasteiger charge is 2.38. The van der Waals surface area contributed by atoms with Gasteiger partial charge in [-0.2, -0.15) is 0 Å². The number of rotatable bonds is 2. The third-order valence-electron chi connectivity index (χ3n) is 6.21. The fraction of sp³-hybridized carbons (Fsp3) is 0.524. The van der Waals surface area contributed by atoms with E-state index in [0.29, 0.717) is 18.0 Å². The molecule has 4 unspecified atom stereocenters. The van der Waals surface area contributed by atoms with E-state index in [1.54, 1.807) is 11.3 Å². The maximum absolute atomic E-state index is 13.4. The number of carbonyl (C=O) groups excluding carboxylic acids is 1. The third-order valence-corrected chi connectivity index (χ3v) is 7.38. The zero-order valence-corrected chi connectivity index (χ0v) is 15.8. The Balaban J connectivity index is 1.40. The molecule has 1 amide bonds. The highest BCUT2D eigenvalue weighted by molar-refractivity contribution is 7.18. The summed E-state index contributed by atoms with van der Waals surface area (Å²) in [7, 11) is 0. The Hall–Kier alpha value is -1.72. The Kier molecular flexibility index (Phi) is 4.29. The second-order valence-corrected chi connectivity index (χ2v) is 8.95. The molecule has 5 heteroatoms. The summed E-state index contributed by atoms with van der Waals surface area (Å²) >= 11 is 1.76. The van der Waals surface area contributed by atoms with Gasteiger partial charge in [-0.1, -0.05) is 24.3 Å². The summed E-state index contributed by atoms with van der Waals surface area (Å²) in [6, 6.07) is 9.41. The number of amides is 1. The van der Waals surface area contributed by atoms with Gasteiger partial charge in [0.15, 0.2) is 0 Å². The number of thiazole rings is 1. The van der Waals surface area contributed by atoms with Crippen LogP contribution in [0.1, 0.15) is 43.0 Å². The van der Waals surface area contributed by atoms with Gasteiger partial charge in [0.1, 0.15) is 0 Å². The van der Waals surface area contributed by atoms with Crippen LogP contribution in [0, 0.1) is 5.92 Å². The lowest BCUT2D eigenvalue weighted by Gasteiger charge is -2.32. The Morgan fingerprint density at radius 3 is 2.88 bits per heavy atom. The van der Waals surface area contributed by atoms with Gasteiger partial charge in [0.05, 0.1) is 21.1 Å². The van der Waals surface area contributed by atoms with Gasteiger partial charge in [0, 0.05) is 31.1 Å². The quantitative estimate of drug-likeness (QED) is 0.823. The van der Waals surface area contributed by atoms with E-state index in [-0.39, 0.29) is 11.8 Å². The van der Waals surface area contributed by atoms with Crippen LogP contribution < -0.4 is 5.32 Å². The first kappa shape index (κ1) is 16.5. The highest BCUT2D eigenvalue weighted by Crippen LogP contribution is 2.39. The van der Waals surface area contributed by atoms with E-state index in [0.717, 1.165) is 42.9 Å². The summed E-state index contributed by atoms with van der Waals surface area (Å²) < 4.78 is 1.22. The lowest BCUT2D eigenvalue weighted by Crippen LogP contribution is -2.43.